The average Bonchev–Trinajstić information content (AvgIpc) is 3.84. The van der Waals surface area contributed by atoms with Crippen molar-refractivity contribution in [1.29, 1.82) is 5.26 Å². The molecule has 5 N–H and O–H groups in total. The number of hydrogen-bond donors (Lipinski definition) is 5. The van der Waals surface area contributed by atoms with Crippen molar-refractivity contribution < 1.29 is 19.5 Å². The Balaban J connectivity index is 0.000000180. The van der Waals surface area contributed by atoms with Gasteiger partial charge in [0.25, 0.3) is 11.8 Å². The Morgan fingerprint density at radius 3 is 1.44 bits per heavy atom. The molecule has 8 aromatic rings. The highest BCUT2D eigenvalue weighted by atomic mass is 35.5. The topological polar surface area (TPSA) is 177 Å². The number of aromatic nitrogens is 4. The maximum atomic E-state index is 12.7. The molecule has 8 rings (SSSR count). The summed E-state index contributed by atoms with van der Waals surface area (Å²) < 4.78 is 0. The molecule has 0 aliphatic carbocycles. The first-order valence-corrected chi connectivity index (χ1v) is 19.3. The molecule has 59 heavy (non-hydrogen) atoms. The van der Waals surface area contributed by atoms with E-state index < -0.39 is 5.97 Å². The molecule has 2 aromatic heterocycles. The summed E-state index contributed by atoms with van der Waals surface area (Å²) in [5.74, 6) is -0.312. The largest absolute Gasteiger partial charge is 0.481 e. The maximum Gasteiger partial charge on any atom is 0.303 e. The molecule has 0 bridgehead atoms. The molecule has 0 radical (unpaired) electrons. The fraction of sp³-hybridized carbons (Fsp3) is 0.0455. The lowest BCUT2D eigenvalue weighted by Gasteiger charge is -2.06. The van der Waals surface area contributed by atoms with Gasteiger partial charge in [-0.05, 0) is 109 Å². The second kappa shape index (κ2) is 17.9. The molecule has 0 aliphatic heterocycles. The predicted octanol–water partition coefficient (Wildman–Crippen LogP) is 11.5. The number of carboxylic acids is 1. The molecule has 292 valence electrons. The van der Waals surface area contributed by atoms with Crippen molar-refractivity contribution in [3.63, 3.8) is 0 Å². The second-order valence-electron chi connectivity index (χ2n) is 13.0. The van der Waals surface area contributed by atoms with Crippen LogP contribution in [0.5, 0.6) is 0 Å². The fourth-order valence-electron chi connectivity index (χ4n) is 6.03. The number of imidazole rings is 2. The lowest BCUT2D eigenvalue weighted by Crippen LogP contribution is -2.11. The molecule has 0 saturated heterocycles. The summed E-state index contributed by atoms with van der Waals surface area (Å²) in [6, 6.07) is 36.6. The van der Waals surface area contributed by atoms with E-state index in [1.807, 2.05) is 6.07 Å². The molecule has 11 nitrogen and oxygen atoms in total. The average molecular weight is 862 g/mol. The first kappa shape index (κ1) is 40.5. The fourth-order valence-corrected chi connectivity index (χ4v) is 7.18. The minimum absolute atomic E-state index is 0.0668. The number of carboxylic acid groups (broad SMARTS) is 1. The number of nitrogens with one attached hydrogen (secondary N) is 4. The summed E-state index contributed by atoms with van der Waals surface area (Å²) in [5.41, 5.74) is 7.57. The van der Waals surface area contributed by atoms with E-state index in [1.54, 1.807) is 121 Å². The van der Waals surface area contributed by atoms with Gasteiger partial charge in [0, 0.05) is 28.9 Å². The number of hydrogen-bond acceptors (Lipinski definition) is 6. The smallest absolute Gasteiger partial charge is 0.303 e. The van der Waals surface area contributed by atoms with Gasteiger partial charge in [-0.1, -0.05) is 70.7 Å². The molecule has 0 atom stereocenters. The van der Waals surface area contributed by atoms with Crippen LogP contribution in [-0.2, 0) is 11.2 Å². The monoisotopic (exact) mass is 859 g/mol. The van der Waals surface area contributed by atoms with Gasteiger partial charge in [0.2, 0.25) is 0 Å². The number of carbonyl (C=O) groups excluding carboxylic acids is 2. The van der Waals surface area contributed by atoms with Crippen molar-refractivity contribution >= 4 is 97.6 Å². The van der Waals surface area contributed by atoms with Crippen LogP contribution in [0.2, 0.25) is 20.1 Å². The number of benzene rings is 6. The summed E-state index contributed by atoms with van der Waals surface area (Å²) in [4.78, 5) is 51.3. The Morgan fingerprint density at radius 2 is 1.03 bits per heavy atom. The zero-order chi connectivity index (χ0) is 41.6. The van der Waals surface area contributed by atoms with Gasteiger partial charge in [-0.15, -0.1) is 0 Å². The van der Waals surface area contributed by atoms with Crippen molar-refractivity contribution in [3.05, 3.63) is 164 Å². The molecule has 0 aliphatic rings. The normalized spacial score (nSPS) is 10.8. The number of nitriles is 1. The highest BCUT2D eigenvalue weighted by Gasteiger charge is 2.16. The van der Waals surface area contributed by atoms with Gasteiger partial charge in [-0.25, -0.2) is 9.97 Å². The van der Waals surface area contributed by atoms with Gasteiger partial charge in [0.15, 0.2) is 0 Å². The Morgan fingerprint density at radius 1 is 0.610 bits per heavy atom. The minimum Gasteiger partial charge on any atom is -0.481 e. The molecule has 6 aromatic carbocycles. The first-order valence-electron chi connectivity index (χ1n) is 17.8. The van der Waals surface area contributed by atoms with E-state index in [9.17, 15) is 14.4 Å². The Labute approximate surface area is 356 Å². The minimum atomic E-state index is -0.841. The van der Waals surface area contributed by atoms with Crippen LogP contribution in [-0.4, -0.2) is 42.8 Å². The highest BCUT2D eigenvalue weighted by Crippen LogP contribution is 2.35. The zero-order valence-corrected chi connectivity index (χ0v) is 33.5. The van der Waals surface area contributed by atoms with Gasteiger partial charge < -0.3 is 25.7 Å². The van der Waals surface area contributed by atoms with Crippen molar-refractivity contribution in [2.75, 3.05) is 10.6 Å². The quantitative estimate of drug-likeness (QED) is 0.0959. The number of anilines is 2. The van der Waals surface area contributed by atoms with Crippen LogP contribution in [0.4, 0.5) is 11.4 Å². The van der Waals surface area contributed by atoms with Crippen LogP contribution >= 0.6 is 46.4 Å². The summed E-state index contributed by atoms with van der Waals surface area (Å²) in [7, 11) is 0. The number of H-pyrrole nitrogens is 2. The lowest BCUT2D eigenvalue weighted by molar-refractivity contribution is -0.136. The third-order valence-electron chi connectivity index (χ3n) is 9.00. The number of aryl methyl sites for hydroxylation is 1. The first-order chi connectivity index (χ1) is 28.4. The number of aliphatic carboxylic acids is 1. The number of amides is 2. The third-order valence-corrected chi connectivity index (χ3v) is 10.3. The SMILES string of the molecule is N#Cc1ccc(NC(=O)c2ccc3nc(-c4c(Cl)cccc4Cl)[nH]c3c2)cc1.O=C(O)CCc1ccc(NC(=O)c2ccc3nc(-c4c(Cl)cccc4Cl)[nH]c3c2)cc1. The molecule has 0 unspecified atom stereocenters. The maximum absolute atomic E-state index is 12.7. The molecule has 0 saturated carbocycles. The number of nitrogens with zero attached hydrogens (tertiary/aromatic N) is 3. The Bertz CT molecular complexity index is 2880. The van der Waals surface area contributed by atoms with Gasteiger partial charge in [-0.2, -0.15) is 5.26 Å². The number of fused-ring (bicyclic) bond motifs is 2. The summed E-state index contributed by atoms with van der Waals surface area (Å²) in [5, 5.41) is 25.2. The zero-order valence-electron chi connectivity index (χ0n) is 30.5. The molecule has 0 fully saturated rings. The van der Waals surface area contributed by atoms with E-state index in [4.69, 9.17) is 56.8 Å². The van der Waals surface area contributed by atoms with Gasteiger partial charge in [-0.3, -0.25) is 14.4 Å². The van der Waals surface area contributed by atoms with E-state index in [0.29, 0.717) is 99.4 Å². The molecule has 15 heteroatoms. The molecular formula is C44H29Cl4N7O4. The van der Waals surface area contributed by atoms with E-state index in [1.165, 1.54) is 0 Å². The number of rotatable bonds is 9. The van der Waals surface area contributed by atoms with Crippen molar-refractivity contribution in [3.8, 4) is 28.8 Å². The van der Waals surface area contributed by atoms with Crippen molar-refractivity contribution in [1.82, 2.24) is 19.9 Å². The second-order valence-corrected chi connectivity index (χ2v) is 14.6. The van der Waals surface area contributed by atoms with Crippen molar-refractivity contribution in [2.24, 2.45) is 0 Å². The van der Waals surface area contributed by atoms with Gasteiger partial charge in [0.05, 0.1) is 64.9 Å². The van der Waals surface area contributed by atoms with Crippen LogP contribution < -0.4 is 10.6 Å². The third kappa shape index (κ3) is 9.55. The van der Waals surface area contributed by atoms with E-state index >= 15 is 0 Å². The van der Waals surface area contributed by atoms with Gasteiger partial charge in [0.1, 0.15) is 11.6 Å². The summed E-state index contributed by atoms with van der Waals surface area (Å²) >= 11 is 25.1. The molecule has 0 spiro atoms. The number of carbonyl (C=O) groups is 3. The molecular weight excluding hydrogens is 832 g/mol. The molecule has 2 amide bonds. The van der Waals surface area contributed by atoms with Crippen LogP contribution in [0.15, 0.2) is 121 Å². The predicted molar refractivity (Wildman–Crippen MR) is 233 cm³/mol. The highest BCUT2D eigenvalue weighted by molar-refractivity contribution is 6.39. The Hall–Kier alpha value is -6.68. The lowest BCUT2D eigenvalue weighted by atomic mass is 10.1. The Kier molecular flexibility index (Phi) is 12.3. The van der Waals surface area contributed by atoms with E-state index in [-0.39, 0.29) is 18.2 Å². The number of aromatic amines is 2. The van der Waals surface area contributed by atoms with Crippen molar-refractivity contribution in [2.45, 2.75) is 12.8 Å². The summed E-state index contributed by atoms with van der Waals surface area (Å²) in [6.45, 7) is 0. The van der Waals surface area contributed by atoms with Crippen LogP contribution in [0.1, 0.15) is 38.3 Å². The van der Waals surface area contributed by atoms with Crippen LogP contribution in [0.25, 0.3) is 44.8 Å². The van der Waals surface area contributed by atoms with E-state index in [2.05, 4.69) is 30.6 Å². The van der Waals surface area contributed by atoms with Crippen LogP contribution in [0, 0.1) is 11.3 Å². The number of halogens is 4. The standard InChI is InChI=1S/C23H17Cl2N3O3.C21H12Cl2N4O/c24-16-2-1-3-17(25)21(16)22-27-18-10-7-14(12-19(18)28-22)23(31)26-15-8-4-13(5-9-15)6-11-20(29)30;22-15-2-1-3-16(23)19(15)20-26-17-9-6-13(10-18(17)27-20)21(28)25-14-7-4-12(11-24)5-8-14/h1-5,7-10,12H,6,11H2,(H,26,31)(H,27,28)(H,29,30);1-10H,(H,25,28)(H,26,27). The summed E-state index contributed by atoms with van der Waals surface area (Å²) in [6.07, 6.45) is 0.509. The van der Waals surface area contributed by atoms with E-state index in [0.717, 1.165) is 5.56 Å². The van der Waals surface area contributed by atoms with Gasteiger partial charge >= 0.3 is 5.97 Å². The van der Waals surface area contributed by atoms with Crippen LogP contribution in [0.3, 0.4) is 0 Å². The molecule has 2 heterocycles.